The number of alkyl halides is 3. The Balaban J connectivity index is 1.50. The highest BCUT2D eigenvalue weighted by Crippen LogP contribution is 2.31. The van der Waals surface area contributed by atoms with Gasteiger partial charge in [0.05, 0.1) is 24.4 Å². The van der Waals surface area contributed by atoms with Gasteiger partial charge in [0.2, 0.25) is 0 Å². The van der Waals surface area contributed by atoms with E-state index in [2.05, 4.69) is 10.4 Å². The summed E-state index contributed by atoms with van der Waals surface area (Å²) in [6, 6.07) is 16.1. The monoisotopic (exact) mass is 493 g/mol. The SMILES string of the molecule is COc1cc(-c2cnn(C)c2)ccc1C(=O)Cc1cccc(C(=O)Nc2cccc(C(F)(F)F)c2)c1. The summed E-state index contributed by atoms with van der Waals surface area (Å²) >= 11 is 0. The molecule has 1 N–H and O–H groups in total. The van der Waals surface area contributed by atoms with Gasteiger partial charge in [-0.25, -0.2) is 0 Å². The minimum atomic E-state index is -4.52. The molecule has 0 fully saturated rings. The number of nitrogens with zero attached hydrogens (tertiary/aromatic N) is 2. The maximum atomic E-state index is 13.0. The van der Waals surface area contributed by atoms with E-state index in [1.165, 1.54) is 31.4 Å². The molecule has 9 heteroatoms. The van der Waals surface area contributed by atoms with Crippen LogP contribution >= 0.6 is 0 Å². The molecule has 4 rings (SSSR count). The number of hydrogen-bond donors (Lipinski definition) is 1. The van der Waals surface area contributed by atoms with Gasteiger partial charge < -0.3 is 10.1 Å². The van der Waals surface area contributed by atoms with E-state index < -0.39 is 17.6 Å². The Morgan fingerprint density at radius 1 is 1.00 bits per heavy atom. The van der Waals surface area contributed by atoms with Crippen LogP contribution in [-0.2, 0) is 19.6 Å². The lowest BCUT2D eigenvalue weighted by Gasteiger charge is -2.11. The predicted molar refractivity (Wildman–Crippen MR) is 129 cm³/mol. The van der Waals surface area contributed by atoms with Gasteiger partial charge in [0.15, 0.2) is 5.78 Å². The van der Waals surface area contributed by atoms with Crippen molar-refractivity contribution in [1.82, 2.24) is 9.78 Å². The van der Waals surface area contributed by atoms with Crippen molar-refractivity contribution in [2.75, 3.05) is 12.4 Å². The Labute approximate surface area is 205 Å². The van der Waals surface area contributed by atoms with Gasteiger partial charge in [-0.1, -0.05) is 24.3 Å². The zero-order valence-corrected chi connectivity index (χ0v) is 19.5. The van der Waals surface area contributed by atoms with Gasteiger partial charge >= 0.3 is 6.18 Å². The van der Waals surface area contributed by atoms with E-state index in [0.29, 0.717) is 16.9 Å². The molecule has 1 amide bonds. The van der Waals surface area contributed by atoms with Gasteiger partial charge in [-0.05, 0) is 53.6 Å². The lowest BCUT2D eigenvalue weighted by Crippen LogP contribution is -2.14. The average molecular weight is 493 g/mol. The lowest BCUT2D eigenvalue weighted by atomic mass is 9.98. The smallest absolute Gasteiger partial charge is 0.416 e. The number of amides is 1. The van der Waals surface area contributed by atoms with E-state index >= 15 is 0 Å². The molecule has 184 valence electrons. The third-order valence-corrected chi connectivity index (χ3v) is 5.54. The van der Waals surface area contributed by atoms with Crippen LogP contribution in [-0.4, -0.2) is 28.6 Å². The highest BCUT2D eigenvalue weighted by molar-refractivity contribution is 6.05. The fraction of sp³-hybridized carbons (Fsp3) is 0.148. The van der Waals surface area contributed by atoms with E-state index in [1.807, 2.05) is 19.3 Å². The van der Waals surface area contributed by atoms with Crippen LogP contribution in [0.15, 0.2) is 79.1 Å². The number of aromatic nitrogens is 2. The number of aryl methyl sites for hydroxylation is 1. The summed E-state index contributed by atoms with van der Waals surface area (Å²) < 4.78 is 46.0. The molecule has 0 radical (unpaired) electrons. The third kappa shape index (κ3) is 5.63. The second-order valence-corrected chi connectivity index (χ2v) is 8.15. The quantitative estimate of drug-likeness (QED) is 0.331. The Morgan fingerprint density at radius 3 is 2.47 bits per heavy atom. The molecule has 1 heterocycles. The van der Waals surface area contributed by atoms with Crippen molar-refractivity contribution < 1.29 is 27.5 Å². The summed E-state index contributed by atoms with van der Waals surface area (Å²) in [5.74, 6) is -0.373. The number of carbonyl (C=O) groups is 2. The van der Waals surface area contributed by atoms with Crippen molar-refractivity contribution >= 4 is 17.4 Å². The first kappa shape index (κ1) is 24.7. The van der Waals surface area contributed by atoms with Crippen LogP contribution in [0.4, 0.5) is 18.9 Å². The topological polar surface area (TPSA) is 73.2 Å². The van der Waals surface area contributed by atoms with Crippen molar-refractivity contribution in [2.24, 2.45) is 7.05 Å². The highest BCUT2D eigenvalue weighted by Gasteiger charge is 2.30. The van der Waals surface area contributed by atoms with Crippen LogP contribution in [0.1, 0.15) is 31.8 Å². The molecule has 0 saturated carbocycles. The Bertz CT molecular complexity index is 1430. The first-order valence-corrected chi connectivity index (χ1v) is 10.9. The number of halogens is 3. The molecule has 0 aliphatic heterocycles. The summed E-state index contributed by atoms with van der Waals surface area (Å²) in [4.78, 5) is 25.7. The zero-order chi connectivity index (χ0) is 25.9. The number of hydrogen-bond acceptors (Lipinski definition) is 4. The molecule has 0 spiro atoms. The predicted octanol–water partition coefficient (Wildman–Crippen LogP) is 5.79. The second-order valence-electron chi connectivity index (χ2n) is 8.15. The van der Waals surface area contributed by atoms with Gasteiger partial charge in [0.25, 0.3) is 5.91 Å². The Morgan fingerprint density at radius 2 is 1.78 bits per heavy atom. The molecule has 1 aromatic heterocycles. The van der Waals surface area contributed by atoms with Gasteiger partial charge in [-0.3, -0.25) is 14.3 Å². The van der Waals surface area contributed by atoms with Crippen molar-refractivity contribution in [1.29, 1.82) is 0 Å². The molecule has 0 bridgehead atoms. The maximum absolute atomic E-state index is 13.0. The molecule has 0 aliphatic carbocycles. The summed E-state index contributed by atoms with van der Waals surface area (Å²) in [6.07, 6.45) is -0.941. The van der Waals surface area contributed by atoms with Crippen LogP contribution < -0.4 is 10.1 Å². The maximum Gasteiger partial charge on any atom is 0.416 e. The van der Waals surface area contributed by atoms with Crippen molar-refractivity contribution in [3.63, 3.8) is 0 Å². The molecule has 0 saturated heterocycles. The minimum Gasteiger partial charge on any atom is -0.496 e. The molecule has 36 heavy (non-hydrogen) atoms. The number of nitrogens with one attached hydrogen (secondary N) is 1. The third-order valence-electron chi connectivity index (χ3n) is 5.54. The second kappa shape index (κ2) is 10.1. The highest BCUT2D eigenvalue weighted by atomic mass is 19.4. The summed E-state index contributed by atoms with van der Waals surface area (Å²) in [7, 11) is 3.30. The van der Waals surface area contributed by atoms with Crippen molar-refractivity contribution in [2.45, 2.75) is 12.6 Å². The number of anilines is 1. The molecular formula is C27H22F3N3O3. The fourth-order valence-corrected chi connectivity index (χ4v) is 3.75. The standard InChI is InChI=1S/C27H22F3N3O3/c1-33-16-20(15-31-33)18-9-10-23(25(13-18)36-2)24(34)12-17-5-3-6-19(11-17)26(35)32-22-8-4-7-21(14-22)27(28,29)30/h3-11,13-16H,12H2,1-2H3,(H,32,35). The largest absolute Gasteiger partial charge is 0.496 e. The minimum absolute atomic E-state index is 0.00722. The summed E-state index contributed by atoms with van der Waals surface area (Å²) in [5, 5.41) is 6.63. The first-order chi connectivity index (χ1) is 17.1. The number of ketones is 1. The fourth-order valence-electron chi connectivity index (χ4n) is 3.75. The zero-order valence-electron chi connectivity index (χ0n) is 19.5. The first-order valence-electron chi connectivity index (χ1n) is 10.9. The molecule has 0 atom stereocenters. The van der Waals surface area contributed by atoms with E-state index in [-0.39, 0.29) is 23.5 Å². The molecule has 6 nitrogen and oxygen atoms in total. The number of rotatable bonds is 7. The van der Waals surface area contributed by atoms with Crippen LogP contribution in [0, 0.1) is 0 Å². The van der Waals surface area contributed by atoms with Gasteiger partial charge in [-0.15, -0.1) is 0 Å². The van der Waals surface area contributed by atoms with Gasteiger partial charge in [0, 0.05) is 36.5 Å². The number of carbonyl (C=O) groups excluding carboxylic acids is 2. The van der Waals surface area contributed by atoms with Gasteiger partial charge in [-0.2, -0.15) is 18.3 Å². The van der Waals surface area contributed by atoms with Crippen LogP contribution in [0.2, 0.25) is 0 Å². The Hall–Kier alpha value is -4.40. The average Bonchev–Trinajstić information content (AvgIpc) is 3.29. The number of ether oxygens (including phenoxy) is 1. The molecule has 3 aromatic carbocycles. The summed E-state index contributed by atoms with van der Waals surface area (Å²) in [5.41, 5.74) is 2.09. The van der Waals surface area contributed by atoms with E-state index in [4.69, 9.17) is 4.74 Å². The van der Waals surface area contributed by atoms with Gasteiger partial charge in [0.1, 0.15) is 5.75 Å². The number of benzene rings is 3. The van der Waals surface area contributed by atoms with Crippen LogP contribution in [0.5, 0.6) is 5.75 Å². The van der Waals surface area contributed by atoms with Crippen molar-refractivity contribution in [3.05, 3.63) is 101 Å². The normalized spacial score (nSPS) is 11.2. The van der Waals surface area contributed by atoms with E-state index in [1.54, 1.807) is 35.1 Å². The molecular weight excluding hydrogens is 471 g/mol. The number of methoxy groups -OCH3 is 1. The summed E-state index contributed by atoms with van der Waals surface area (Å²) in [6.45, 7) is 0. The Kier molecular flexibility index (Phi) is 6.91. The molecule has 0 unspecified atom stereocenters. The van der Waals surface area contributed by atoms with Crippen LogP contribution in [0.25, 0.3) is 11.1 Å². The number of Topliss-reactive ketones (excluding diaryl/α,β-unsaturated/α-hetero) is 1. The van der Waals surface area contributed by atoms with E-state index in [9.17, 15) is 22.8 Å². The van der Waals surface area contributed by atoms with E-state index in [0.717, 1.165) is 23.3 Å². The van der Waals surface area contributed by atoms with Crippen molar-refractivity contribution in [3.8, 4) is 16.9 Å². The molecule has 4 aromatic rings. The lowest BCUT2D eigenvalue weighted by molar-refractivity contribution is -0.137. The van der Waals surface area contributed by atoms with Crippen LogP contribution in [0.3, 0.4) is 0 Å². The molecule has 0 aliphatic rings.